The van der Waals surface area contributed by atoms with Crippen LogP contribution in [-0.2, 0) is 14.8 Å². The second kappa shape index (κ2) is 7.92. The van der Waals surface area contributed by atoms with Crippen LogP contribution in [0.2, 0.25) is 0 Å². The van der Waals surface area contributed by atoms with E-state index in [4.69, 9.17) is 0 Å². The number of piperazine rings is 1. The van der Waals surface area contributed by atoms with Crippen molar-refractivity contribution in [2.24, 2.45) is 5.92 Å². The van der Waals surface area contributed by atoms with Gasteiger partial charge in [0.2, 0.25) is 15.9 Å². The normalized spacial score (nSPS) is 22.0. The van der Waals surface area contributed by atoms with Crippen molar-refractivity contribution in [3.8, 4) is 0 Å². The first-order valence-electron chi connectivity index (χ1n) is 9.93. The Morgan fingerprint density at radius 1 is 0.933 bits per heavy atom. The maximum atomic E-state index is 13.1. The number of amides is 1. The van der Waals surface area contributed by atoms with Crippen molar-refractivity contribution in [1.82, 2.24) is 9.21 Å². The fourth-order valence-corrected chi connectivity index (χ4v) is 5.36. The van der Waals surface area contributed by atoms with Crippen molar-refractivity contribution in [1.29, 1.82) is 0 Å². The number of hydrogen-bond acceptors (Lipinski definition) is 4. The van der Waals surface area contributed by atoms with Gasteiger partial charge in [0.05, 0.1) is 4.90 Å². The zero-order valence-corrected chi connectivity index (χ0v) is 17.4. The van der Waals surface area contributed by atoms with Crippen LogP contribution in [0.25, 0.3) is 0 Å². The van der Waals surface area contributed by atoms with Gasteiger partial charge in [-0.3, -0.25) is 9.59 Å². The smallest absolute Gasteiger partial charge is 0.243 e. The third-order valence-electron chi connectivity index (χ3n) is 5.85. The van der Waals surface area contributed by atoms with E-state index in [2.05, 4.69) is 0 Å². The van der Waals surface area contributed by atoms with Crippen LogP contribution in [0.4, 0.5) is 4.39 Å². The van der Waals surface area contributed by atoms with Gasteiger partial charge in [-0.2, -0.15) is 4.31 Å². The predicted octanol–water partition coefficient (Wildman–Crippen LogP) is 2.66. The van der Waals surface area contributed by atoms with E-state index in [-0.39, 0.29) is 47.3 Å². The molecular weight excluding hydrogens is 407 g/mol. The summed E-state index contributed by atoms with van der Waals surface area (Å²) in [5.41, 5.74) is 1.43. The second-order valence-corrected chi connectivity index (χ2v) is 9.75. The van der Waals surface area contributed by atoms with Crippen LogP contribution >= 0.6 is 0 Å². The Balaban J connectivity index is 1.36. The number of halogens is 1. The molecular formula is C22H23FN2O4S. The summed E-state index contributed by atoms with van der Waals surface area (Å²) in [5.74, 6) is -0.384. The Morgan fingerprint density at radius 2 is 1.53 bits per heavy atom. The highest BCUT2D eigenvalue weighted by molar-refractivity contribution is 7.89. The molecule has 1 aliphatic heterocycles. The molecule has 30 heavy (non-hydrogen) atoms. The Kier molecular flexibility index (Phi) is 5.46. The highest BCUT2D eigenvalue weighted by atomic mass is 32.2. The minimum atomic E-state index is -3.67. The monoisotopic (exact) mass is 430 g/mol. The predicted molar refractivity (Wildman–Crippen MR) is 109 cm³/mol. The first-order chi connectivity index (χ1) is 14.3. The molecule has 1 saturated heterocycles. The van der Waals surface area contributed by atoms with Crippen LogP contribution in [0.15, 0.2) is 53.4 Å². The molecule has 0 N–H and O–H groups in total. The molecule has 2 atom stereocenters. The lowest BCUT2D eigenvalue weighted by molar-refractivity contribution is -0.133. The zero-order valence-electron chi connectivity index (χ0n) is 16.6. The van der Waals surface area contributed by atoms with Gasteiger partial charge in [-0.25, -0.2) is 12.8 Å². The van der Waals surface area contributed by atoms with E-state index in [1.165, 1.54) is 47.6 Å². The first-order valence-corrected chi connectivity index (χ1v) is 11.4. The molecule has 2 aromatic rings. The molecule has 1 amide bonds. The molecule has 4 rings (SSSR count). The fraction of sp³-hybridized carbons (Fsp3) is 0.364. The van der Waals surface area contributed by atoms with Crippen LogP contribution < -0.4 is 0 Å². The number of carbonyl (C=O) groups is 2. The molecule has 0 aromatic heterocycles. The average molecular weight is 431 g/mol. The molecule has 1 heterocycles. The Hall–Kier alpha value is -2.58. The summed E-state index contributed by atoms with van der Waals surface area (Å²) in [6.45, 7) is 2.58. The third-order valence-corrected chi connectivity index (χ3v) is 7.77. The molecule has 2 aliphatic rings. The molecule has 158 valence electrons. The molecule has 0 radical (unpaired) electrons. The van der Waals surface area contributed by atoms with E-state index >= 15 is 0 Å². The lowest BCUT2D eigenvalue weighted by Crippen LogP contribution is -2.51. The highest BCUT2D eigenvalue weighted by Crippen LogP contribution is 2.48. The van der Waals surface area contributed by atoms with Crippen LogP contribution in [-0.4, -0.2) is 55.5 Å². The minimum Gasteiger partial charge on any atom is -0.340 e. The summed E-state index contributed by atoms with van der Waals surface area (Å²) in [4.78, 5) is 26.0. The molecule has 2 unspecified atom stereocenters. The average Bonchev–Trinajstić information content (AvgIpc) is 3.55. The van der Waals surface area contributed by atoms with E-state index < -0.39 is 10.0 Å². The molecule has 6 nitrogen and oxygen atoms in total. The standard InChI is InChI=1S/C22H23FN2O4S/c1-15(26)16-4-8-19(9-5-16)30(28,29)25-12-10-24(11-13-25)22(27)21-14-20(21)17-2-6-18(23)7-3-17/h2-9,20-21H,10-14H2,1H3. The zero-order chi connectivity index (χ0) is 21.5. The van der Waals surface area contributed by atoms with Crippen LogP contribution in [0.1, 0.15) is 35.2 Å². The van der Waals surface area contributed by atoms with Crippen LogP contribution in [0, 0.1) is 11.7 Å². The quantitative estimate of drug-likeness (QED) is 0.684. The van der Waals surface area contributed by atoms with E-state index in [9.17, 15) is 22.4 Å². The summed E-state index contributed by atoms with van der Waals surface area (Å²) < 4.78 is 40.2. The molecule has 0 bridgehead atoms. The van der Waals surface area contributed by atoms with Crippen molar-refractivity contribution in [3.05, 3.63) is 65.5 Å². The number of sulfonamides is 1. The maximum Gasteiger partial charge on any atom is 0.243 e. The number of hydrogen-bond donors (Lipinski definition) is 0. The Morgan fingerprint density at radius 3 is 2.10 bits per heavy atom. The van der Waals surface area contributed by atoms with Gasteiger partial charge in [0.1, 0.15) is 5.82 Å². The van der Waals surface area contributed by atoms with Gasteiger partial charge in [0, 0.05) is 37.7 Å². The molecule has 1 aliphatic carbocycles. The Labute approximate surface area is 175 Å². The number of Topliss-reactive ketones (excluding diaryl/α,β-unsaturated/α-hetero) is 1. The minimum absolute atomic E-state index is 0.0344. The van der Waals surface area contributed by atoms with Crippen molar-refractivity contribution in [2.75, 3.05) is 26.2 Å². The van der Waals surface area contributed by atoms with Gasteiger partial charge in [0.15, 0.2) is 5.78 Å². The van der Waals surface area contributed by atoms with Gasteiger partial charge < -0.3 is 4.90 Å². The van der Waals surface area contributed by atoms with Crippen LogP contribution in [0.5, 0.6) is 0 Å². The number of benzene rings is 2. The number of rotatable bonds is 5. The second-order valence-electron chi connectivity index (χ2n) is 7.81. The van der Waals surface area contributed by atoms with E-state index in [1.54, 1.807) is 17.0 Å². The lowest BCUT2D eigenvalue weighted by Gasteiger charge is -2.34. The highest BCUT2D eigenvalue weighted by Gasteiger charge is 2.46. The third kappa shape index (κ3) is 4.02. The fourth-order valence-electron chi connectivity index (χ4n) is 3.94. The molecule has 1 saturated carbocycles. The SMILES string of the molecule is CC(=O)c1ccc(S(=O)(=O)N2CCN(C(=O)C3CC3c3ccc(F)cc3)CC2)cc1. The summed E-state index contributed by atoms with van der Waals surface area (Å²) in [6, 6.07) is 12.2. The van der Waals surface area contributed by atoms with Gasteiger partial charge in [-0.05, 0) is 49.1 Å². The molecule has 2 aromatic carbocycles. The van der Waals surface area contributed by atoms with Crippen molar-refractivity contribution in [2.45, 2.75) is 24.2 Å². The molecule has 8 heteroatoms. The summed E-state index contributed by atoms with van der Waals surface area (Å²) >= 11 is 0. The number of nitrogens with zero attached hydrogens (tertiary/aromatic N) is 2. The van der Waals surface area contributed by atoms with E-state index in [0.717, 1.165) is 12.0 Å². The largest absolute Gasteiger partial charge is 0.340 e. The van der Waals surface area contributed by atoms with E-state index in [1.807, 2.05) is 0 Å². The maximum absolute atomic E-state index is 13.1. The lowest BCUT2D eigenvalue weighted by atomic mass is 10.1. The Bertz CT molecular complexity index is 1060. The van der Waals surface area contributed by atoms with Gasteiger partial charge in [-0.15, -0.1) is 0 Å². The van der Waals surface area contributed by atoms with Crippen molar-refractivity contribution >= 4 is 21.7 Å². The van der Waals surface area contributed by atoms with Gasteiger partial charge in [-0.1, -0.05) is 24.3 Å². The summed E-state index contributed by atoms with van der Waals surface area (Å²) in [6.07, 6.45) is 0.742. The first kappa shape index (κ1) is 20.7. The van der Waals surface area contributed by atoms with Gasteiger partial charge in [0.25, 0.3) is 0 Å². The summed E-state index contributed by atoms with van der Waals surface area (Å²) in [5, 5.41) is 0. The topological polar surface area (TPSA) is 74.8 Å². The number of ketones is 1. The summed E-state index contributed by atoms with van der Waals surface area (Å²) in [7, 11) is -3.67. The van der Waals surface area contributed by atoms with Crippen LogP contribution in [0.3, 0.4) is 0 Å². The molecule has 0 spiro atoms. The molecule has 2 fully saturated rings. The van der Waals surface area contributed by atoms with E-state index in [0.29, 0.717) is 18.7 Å². The van der Waals surface area contributed by atoms with Crippen molar-refractivity contribution < 1.29 is 22.4 Å². The van der Waals surface area contributed by atoms with Gasteiger partial charge >= 0.3 is 0 Å². The number of carbonyl (C=O) groups excluding carboxylic acids is 2. The van der Waals surface area contributed by atoms with Crippen molar-refractivity contribution in [3.63, 3.8) is 0 Å².